The van der Waals surface area contributed by atoms with Crippen LogP contribution in [0, 0.1) is 11.7 Å². The van der Waals surface area contributed by atoms with Crippen molar-refractivity contribution in [3.63, 3.8) is 0 Å². The predicted octanol–water partition coefficient (Wildman–Crippen LogP) is 5.20. The molecule has 0 aromatic heterocycles. The van der Waals surface area contributed by atoms with E-state index in [0.29, 0.717) is 42.9 Å². The van der Waals surface area contributed by atoms with Crippen molar-refractivity contribution >= 4 is 39.9 Å². The van der Waals surface area contributed by atoms with Crippen LogP contribution in [0.25, 0.3) is 0 Å². The molecule has 5 atom stereocenters. The first-order valence-electron chi connectivity index (χ1n) is 19.4. The van der Waals surface area contributed by atoms with Crippen molar-refractivity contribution in [2.45, 2.75) is 120 Å². The second-order valence-corrected chi connectivity index (χ2v) is 18.1. The van der Waals surface area contributed by atoms with Crippen molar-refractivity contribution in [3.8, 4) is 0 Å². The third kappa shape index (κ3) is 10.5. The average Bonchev–Trinajstić information content (AvgIpc) is 3.42. The van der Waals surface area contributed by atoms with E-state index in [-0.39, 0.29) is 44.5 Å². The minimum absolute atomic E-state index is 0.0336. The van der Waals surface area contributed by atoms with Gasteiger partial charge in [0.05, 0.1) is 24.4 Å². The van der Waals surface area contributed by atoms with Gasteiger partial charge in [-0.3, -0.25) is 24.0 Å². The van der Waals surface area contributed by atoms with E-state index in [1.54, 1.807) is 39.0 Å². The number of sulfonamides is 1. The lowest BCUT2D eigenvalue weighted by molar-refractivity contribution is -0.141. The second-order valence-electron chi connectivity index (χ2n) is 16.4. The smallest absolute Gasteiger partial charge is 0.416 e. The molecule has 4 aliphatic rings. The highest BCUT2D eigenvalue weighted by Crippen LogP contribution is 2.46. The van der Waals surface area contributed by atoms with Gasteiger partial charge in [0.25, 0.3) is 5.91 Å². The Kier molecular flexibility index (Phi) is 12.4. The summed E-state index contributed by atoms with van der Waals surface area (Å²) < 4.78 is 94.0. The molecule has 2 aromatic carbocycles. The topological polar surface area (TPSA) is 181 Å². The predicted molar refractivity (Wildman–Crippen MR) is 203 cm³/mol. The van der Waals surface area contributed by atoms with Gasteiger partial charge in [-0.25, -0.2) is 22.4 Å². The fraction of sp³-hybridized carbons (Fsp3) is 0.525. The fourth-order valence-electron chi connectivity index (χ4n) is 7.67. The summed E-state index contributed by atoms with van der Waals surface area (Å²) in [5, 5.41) is 5.28. The summed E-state index contributed by atoms with van der Waals surface area (Å²) in [6.45, 7) is 4.66. The molecule has 0 unspecified atom stereocenters. The molecule has 5 amide bonds. The monoisotopic (exact) mass is 849 g/mol. The number of allylic oxidation sites excluding steroid dienone is 1. The number of ether oxygens (including phenoxy) is 2. The molecule has 3 aliphatic heterocycles. The number of fused-ring (bicyclic) bond motifs is 3. The molecule has 19 heteroatoms. The number of halogens is 4. The Labute approximate surface area is 339 Å². The van der Waals surface area contributed by atoms with Crippen LogP contribution in [0.5, 0.6) is 0 Å². The van der Waals surface area contributed by atoms with Gasteiger partial charge in [-0.2, -0.15) is 13.2 Å². The number of alkyl halides is 3. The molecule has 14 nitrogen and oxygen atoms in total. The lowest BCUT2D eigenvalue weighted by atomic mass is 10.0. The van der Waals surface area contributed by atoms with Crippen LogP contribution < -0.4 is 15.4 Å². The van der Waals surface area contributed by atoms with Crippen LogP contribution in [0.2, 0.25) is 0 Å². The van der Waals surface area contributed by atoms with Crippen LogP contribution in [0.1, 0.15) is 88.0 Å². The summed E-state index contributed by atoms with van der Waals surface area (Å²) in [6, 6.07) is 5.61. The Morgan fingerprint density at radius 3 is 2.47 bits per heavy atom. The second kappa shape index (κ2) is 16.8. The Hall–Kier alpha value is -5.20. The molecule has 1 saturated heterocycles. The Bertz CT molecular complexity index is 2130. The van der Waals surface area contributed by atoms with E-state index in [4.69, 9.17) is 9.47 Å². The molecule has 1 aliphatic carbocycles. The van der Waals surface area contributed by atoms with E-state index in [2.05, 4.69) is 10.6 Å². The van der Waals surface area contributed by atoms with Crippen LogP contribution in [0.3, 0.4) is 0 Å². The molecule has 2 fully saturated rings. The van der Waals surface area contributed by atoms with Crippen LogP contribution in [0.4, 0.5) is 27.2 Å². The van der Waals surface area contributed by atoms with Crippen LogP contribution in [0.15, 0.2) is 54.6 Å². The van der Waals surface area contributed by atoms with E-state index in [1.165, 1.54) is 23.1 Å². The number of nitrogens with zero attached hydrogens (tertiary/aromatic N) is 2. The first kappa shape index (κ1) is 43.4. The zero-order valence-electron chi connectivity index (χ0n) is 32.8. The van der Waals surface area contributed by atoms with Crippen LogP contribution in [-0.4, -0.2) is 84.0 Å². The van der Waals surface area contributed by atoms with Gasteiger partial charge in [0, 0.05) is 24.4 Å². The molecular formula is C40H47F4N5O9S. The zero-order chi connectivity index (χ0) is 42.9. The zero-order valence-corrected chi connectivity index (χ0v) is 33.6. The Morgan fingerprint density at radius 1 is 1.02 bits per heavy atom. The van der Waals surface area contributed by atoms with Gasteiger partial charge in [-0.1, -0.05) is 55.3 Å². The number of benzene rings is 2. The Morgan fingerprint density at radius 2 is 1.76 bits per heavy atom. The SMILES string of the molecule is CC(C)(C)OC(=O)N[C@H]1CCCCC/C=C\[C@H]2C[C@@]2(C(=O)NS(=O)(=O)Cc2cccc(C(F)(F)F)c2)NC(=O)[C@@H]2C[C@@H](OC(=O)N3Cc4cccc(F)c4C3)CN2C1=O. The summed E-state index contributed by atoms with van der Waals surface area (Å²) in [6.07, 6.45) is -1.79. The molecule has 2 aromatic rings. The van der Waals surface area contributed by atoms with E-state index in [0.717, 1.165) is 17.0 Å². The average molecular weight is 850 g/mol. The lowest BCUT2D eigenvalue weighted by Gasteiger charge is -2.30. The van der Waals surface area contributed by atoms with E-state index in [1.807, 2.05) is 4.72 Å². The van der Waals surface area contributed by atoms with Crippen LogP contribution in [-0.2, 0) is 58.9 Å². The molecule has 6 rings (SSSR count). The third-order valence-electron chi connectivity index (χ3n) is 10.6. The molecular weight excluding hydrogens is 803 g/mol. The van der Waals surface area contributed by atoms with Crippen molar-refractivity contribution in [1.82, 2.24) is 25.2 Å². The maximum atomic E-state index is 14.5. The fourth-order valence-corrected chi connectivity index (χ4v) is 8.82. The molecule has 1 saturated carbocycles. The number of rotatable bonds is 6. The van der Waals surface area contributed by atoms with E-state index in [9.17, 15) is 50.0 Å². The van der Waals surface area contributed by atoms with Crippen LogP contribution >= 0.6 is 0 Å². The maximum absolute atomic E-state index is 14.5. The van der Waals surface area contributed by atoms with Crippen molar-refractivity contribution in [2.75, 3.05) is 6.54 Å². The highest BCUT2D eigenvalue weighted by atomic mass is 32.2. The molecule has 59 heavy (non-hydrogen) atoms. The molecule has 0 spiro atoms. The van der Waals surface area contributed by atoms with Crippen molar-refractivity contribution < 1.29 is 59.4 Å². The maximum Gasteiger partial charge on any atom is 0.416 e. The normalized spacial score (nSPS) is 25.6. The number of nitrogens with one attached hydrogen (secondary N) is 3. The summed E-state index contributed by atoms with van der Waals surface area (Å²) in [5.41, 5.74) is -3.09. The quantitative estimate of drug-likeness (QED) is 0.260. The van der Waals surface area contributed by atoms with Gasteiger partial charge in [0.1, 0.15) is 35.1 Å². The van der Waals surface area contributed by atoms with Gasteiger partial charge in [-0.15, -0.1) is 0 Å². The van der Waals surface area contributed by atoms with Gasteiger partial charge in [0.2, 0.25) is 21.8 Å². The van der Waals surface area contributed by atoms with Crippen molar-refractivity contribution in [3.05, 3.63) is 82.7 Å². The molecule has 3 N–H and O–H groups in total. The lowest BCUT2D eigenvalue weighted by Crippen LogP contribution is -2.58. The number of carbonyl (C=O) groups excluding carboxylic acids is 5. The number of alkyl carbamates (subject to hydrolysis) is 1. The minimum atomic E-state index is -4.73. The Balaban J connectivity index is 1.25. The highest BCUT2D eigenvalue weighted by molar-refractivity contribution is 7.89. The summed E-state index contributed by atoms with van der Waals surface area (Å²) in [7, 11) is -4.60. The van der Waals surface area contributed by atoms with E-state index < -0.39 is 98.5 Å². The van der Waals surface area contributed by atoms with Crippen molar-refractivity contribution in [1.29, 1.82) is 0 Å². The standard InChI is InChI=1S/C40H47F4N5O9S/c1-38(2,3)58-36(53)45-31-16-8-6-4-5-7-13-27-19-39(27,35(52)47-59(55,56)23-24-11-9-14-26(17-24)40(42,43)44)46-33(50)32-18-28(21-49(32)34(31)51)57-37(54)48-20-25-12-10-15-30(41)29(25)22-48/h7,9-15,17,27-28,31-32H,4-6,8,16,18-23H2,1-3H3,(H,45,53)(H,46,50)(H,47,52)/b13-7-/t27-,28+,31-,32-,39+/m0/s1. The van der Waals surface area contributed by atoms with Crippen molar-refractivity contribution in [2.24, 2.45) is 5.92 Å². The summed E-state index contributed by atoms with van der Waals surface area (Å²) in [5.74, 6) is -4.82. The largest absolute Gasteiger partial charge is 0.444 e. The number of hydrogen-bond donors (Lipinski definition) is 3. The van der Waals surface area contributed by atoms with Gasteiger partial charge >= 0.3 is 18.4 Å². The minimum Gasteiger partial charge on any atom is -0.444 e. The number of amides is 5. The number of carbonyl (C=O) groups is 5. The first-order valence-corrected chi connectivity index (χ1v) is 21.0. The van der Waals surface area contributed by atoms with Gasteiger partial charge in [-0.05, 0) is 69.7 Å². The molecule has 0 radical (unpaired) electrons. The number of hydrogen-bond acceptors (Lipinski definition) is 9. The molecule has 3 heterocycles. The highest BCUT2D eigenvalue weighted by Gasteiger charge is 2.61. The summed E-state index contributed by atoms with van der Waals surface area (Å²) >= 11 is 0. The molecule has 320 valence electrons. The third-order valence-corrected chi connectivity index (χ3v) is 11.9. The summed E-state index contributed by atoms with van der Waals surface area (Å²) in [4.78, 5) is 71.4. The van der Waals surface area contributed by atoms with Gasteiger partial charge in [0.15, 0.2) is 0 Å². The first-order chi connectivity index (χ1) is 27.6. The molecule has 0 bridgehead atoms. The van der Waals surface area contributed by atoms with E-state index >= 15 is 0 Å². The van der Waals surface area contributed by atoms with Gasteiger partial charge < -0.3 is 25.0 Å².